The fourth-order valence-electron chi connectivity index (χ4n) is 3.93. The first-order valence-electron chi connectivity index (χ1n) is 11.5. The summed E-state index contributed by atoms with van der Waals surface area (Å²) in [4.78, 5) is 13.0. The van der Waals surface area contributed by atoms with Gasteiger partial charge in [0.15, 0.2) is 5.13 Å². The number of anilines is 1. The number of nitrogens with zero attached hydrogens (tertiary/aromatic N) is 3. The number of hydrogen-bond donors (Lipinski definition) is 1. The maximum Gasteiger partial charge on any atom is 0.183 e. The van der Waals surface area contributed by atoms with Crippen molar-refractivity contribution in [3.8, 4) is 0 Å². The molecule has 1 aromatic carbocycles. The van der Waals surface area contributed by atoms with Gasteiger partial charge in [0.25, 0.3) is 0 Å². The van der Waals surface area contributed by atoms with Crippen LogP contribution in [-0.4, -0.2) is 27.5 Å². The average molecular weight is 437 g/mol. The molecule has 5 heteroatoms. The van der Waals surface area contributed by atoms with E-state index in [1.54, 1.807) is 0 Å². The first kappa shape index (κ1) is 23.4. The predicted octanol–water partition coefficient (Wildman–Crippen LogP) is 6.62. The second-order valence-corrected chi connectivity index (χ2v) is 9.36. The van der Waals surface area contributed by atoms with E-state index in [1.807, 2.05) is 38.3 Å². The van der Waals surface area contributed by atoms with Gasteiger partial charge in [0.1, 0.15) is 0 Å². The Kier molecular flexibility index (Phi) is 8.61. The molecule has 1 aliphatic rings. The van der Waals surface area contributed by atoms with Gasteiger partial charge in [0.05, 0.1) is 0 Å². The van der Waals surface area contributed by atoms with Crippen LogP contribution in [0.1, 0.15) is 73.8 Å². The lowest BCUT2D eigenvalue weighted by Gasteiger charge is -2.23. The molecule has 1 N–H and O–H groups in total. The molecule has 0 spiro atoms. The summed E-state index contributed by atoms with van der Waals surface area (Å²) < 4.78 is 0. The van der Waals surface area contributed by atoms with Crippen LogP contribution in [0, 0.1) is 6.92 Å². The number of aromatic nitrogens is 2. The molecular formula is C26H36N4S. The molecule has 1 fully saturated rings. The minimum atomic E-state index is 0.419. The molecule has 166 valence electrons. The lowest BCUT2D eigenvalue weighted by molar-refractivity contribution is 0.251. The van der Waals surface area contributed by atoms with Crippen LogP contribution in [0.15, 0.2) is 48.8 Å². The third-order valence-electron chi connectivity index (χ3n) is 5.42. The van der Waals surface area contributed by atoms with Gasteiger partial charge in [-0.3, -0.25) is 9.88 Å². The summed E-state index contributed by atoms with van der Waals surface area (Å²) in [5, 5.41) is 4.47. The number of likely N-dealkylation sites (tertiary alicyclic amines) is 1. The Labute approximate surface area is 191 Å². The summed E-state index contributed by atoms with van der Waals surface area (Å²) >= 11 is 1.81. The molecule has 0 aliphatic carbocycles. The van der Waals surface area contributed by atoms with E-state index >= 15 is 0 Å². The number of pyridine rings is 1. The van der Waals surface area contributed by atoms with Crippen LogP contribution in [0.25, 0.3) is 0 Å². The Morgan fingerprint density at radius 3 is 2.39 bits per heavy atom. The molecule has 0 amide bonds. The molecule has 31 heavy (non-hydrogen) atoms. The van der Waals surface area contributed by atoms with Gasteiger partial charge in [-0.15, -0.1) is 11.3 Å². The van der Waals surface area contributed by atoms with E-state index in [-0.39, 0.29) is 0 Å². The average Bonchev–Trinajstić information content (AvgIpc) is 3.41. The van der Waals surface area contributed by atoms with Gasteiger partial charge in [-0.1, -0.05) is 44.2 Å². The Balaban J connectivity index is 0.00000132. The molecule has 3 heterocycles. The number of nitrogens with one attached hydrogen (secondary N) is 1. The second-order valence-electron chi connectivity index (χ2n) is 8.30. The topological polar surface area (TPSA) is 41.1 Å². The first-order valence-corrected chi connectivity index (χ1v) is 12.3. The second kappa shape index (κ2) is 11.4. The molecule has 1 atom stereocenters. The van der Waals surface area contributed by atoms with E-state index in [1.165, 1.54) is 34.4 Å². The van der Waals surface area contributed by atoms with Gasteiger partial charge >= 0.3 is 0 Å². The van der Waals surface area contributed by atoms with E-state index in [4.69, 9.17) is 0 Å². The Morgan fingerprint density at radius 2 is 1.71 bits per heavy atom. The Bertz CT molecular complexity index is 915. The Morgan fingerprint density at radius 1 is 1.00 bits per heavy atom. The van der Waals surface area contributed by atoms with Crippen molar-refractivity contribution in [2.45, 2.75) is 72.5 Å². The van der Waals surface area contributed by atoms with Crippen LogP contribution < -0.4 is 5.32 Å². The zero-order valence-electron chi connectivity index (χ0n) is 19.6. The van der Waals surface area contributed by atoms with E-state index in [9.17, 15) is 0 Å². The van der Waals surface area contributed by atoms with Crippen molar-refractivity contribution >= 4 is 16.5 Å². The molecule has 4 rings (SSSR count). The lowest BCUT2D eigenvalue weighted by Crippen LogP contribution is -2.22. The SMILES string of the molecule is CC.Cc1ccc(Cc2ccc(CN3CCCC3c3cnc(NC(C)C)s3)cc2)cn1. The number of benzene rings is 1. The van der Waals surface area contributed by atoms with Crippen molar-refractivity contribution < 1.29 is 0 Å². The molecule has 1 saturated heterocycles. The standard InChI is InChI=1S/C24H30N4S.C2H6/c1-17(2)27-24-26-15-23(29-24)22-5-4-12-28(22)16-20-10-8-19(9-11-20)13-21-7-6-18(3)25-14-21;1-2/h6-11,14-15,17,22H,4-5,12-13,16H2,1-3H3,(H,26,27);1-2H3. The molecule has 0 saturated carbocycles. The fraction of sp³-hybridized carbons (Fsp3) is 0.462. The van der Waals surface area contributed by atoms with E-state index < -0.39 is 0 Å². The molecule has 4 nitrogen and oxygen atoms in total. The van der Waals surface area contributed by atoms with Crippen LogP contribution in [0.5, 0.6) is 0 Å². The van der Waals surface area contributed by atoms with Gasteiger partial charge in [-0.2, -0.15) is 0 Å². The van der Waals surface area contributed by atoms with E-state index in [0.717, 1.165) is 30.3 Å². The van der Waals surface area contributed by atoms with Gasteiger partial charge in [0.2, 0.25) is 0 Å². The van der Waals surface area contributed by atoms with Gasteiger partial charge in [-0.05, 0) is 69.3 Å². The molecule has 1 unspecified atom stereocenters. The highest BCUT2D eigenvalue weighted by Gasteiger charge is 2.27. The number of thiazole rings is 1. The highest BCUT2D eigenvalue weighted by atomic mass is 32.1. The monoisotopic (exact) mass is 436 g/mol. The normalized spacial score (nSPS) is 16.3. The summed E-state index contributed by atoms with van der Waals surface area (Å²) in [6.07, 6.45) is 7.47. The number of hydrogen-bond acceptors (Lipinski definition) is 5. The van der Waals surface area contributed by atoms with Crippen LogP contribution in [-0.2, 0) is 13.0 Å². The van der Waals surface area contributed by atoms with Gasteiger partial charge in [0, 0.05) is 41.6 Å². The minimum Gasteiger partial charge on any atom is -0.359 e. The Hall–Kier alpha value is -2.24. The summed E-state index contributed by atoms with van der Waals surface area (Å²) in [7, 11) is 0. The third kappa shape index (κ3) is 6.62. The molecule has 0 radical (unpaired) electrons. The smallest absolute Gasteiger partial charge is 0.183 e. The van der Waals surface area contributed by atoms with Crippen molar-refractivity contribution in [3.05, 3.63) is 76.1 Å². The van der Waals surface area contributed by atoms with Crippen molar-refractivity contribution in [2.24, 2.45) is 0 Å². The number of rotatable bonds is 7. The lowest BCUT2D eigenvalue weighted by atomic mass is 10.0. The molecule has 2 aromatic heterocycles. The van der Waals surface area contributed by atoms with Crippen LogP contribution in [0.2, 0.25) is 0 Å². The zero-order chi connectivity index (χ0) is 22.2. The van der Waals surface area contributed by atoms with E-state index in [0.29, 0.717) is 12.1 Å². The molecule has 0 bridgehead atoms. The molecule has 3 aromatic rings. The first-order chi connectivity index (χ1) is 15.1. The zero-order valence-corrected chi connectivity index (χ0v) is 20.4. The summed E-state index contributed by atoms with van der Waals surface area (Å²) in [6, 6.07) is 14.3. The third-order valence-corrected chi connectivity index (χ3v) is 6.45. The number of aryl methyl sites for hydroxylation is 1. The molecular weight excluding hydrogens is 400 g/mol. The quantitative estimate of drug-likeness (QED) is 0.452. The molecule has 1 aliphatic heterocycles. The summed E-state index contributed by atoms with van der Waals surface area (Å²) in [5.74, 6) is 0. The van der Waals surface area contributed by atoms with Crippen LogP contribution in [0.4, 0.5) is 5.13 Å². The van der Waals surface area contributed by atoms with Crippen molar-refractivity contribution in [3.63, 3.8) is 0 Å². The van der Waals surface area contributed by atoms with Crippen LogP contribution >= 0.6 is 11.3 Å². The van der Waals surface area contributed by atoms with Crippen molar-refractivity contribution in [1.29, 1.82) is 0 Å². The highest BCUT2D eigenvalue weighted by molar-refractivity contribution is 7.15. The minimum absolute atomic E-state index is 0.419. The maximum absolute atomic E-state index is 4.57. The van der Waals surface area contributed by atoms with Gasteiger partial charge in [-0.25, -0.2) is 4.98 Å². The fourth-order valence-corrected chi connectivity index (χ4v) is 5.06. The maximum atomic E-state index is 4.57. The van der Waals surface area contributed by atoms with Crippen LogP contribution in [0.3, 0.4) is 0 Å². The predicted molar refractivity (Wildman–Crippen MR) is 133 cm³/mol. The van der Waals surface area contributed by atoms with Crippen molar-refractivity contribution in [1.82, 2.24) is 14.9 Å². The van der Waals surface area contributed by atoms with E-state index in [2.05, 4.69) is 76.6 Å². The highest BCUT2D eigenvalue weighted by Crippen LogP contribution is 2.37. The summed E-state index contributed by atoms with van der Waals surface area (Å²) in [6.45, 7) is 12.5. The largest absolute Gasteiger partial charge is 0.359 e. The van der Waals surface area contributed by atoms with Gasteiger partial charge < -0.3 is 5.32 Å². The van der Waals surface area contributed by atoms with Crippen molar-refractivity contribution in [2.75, 3.05) is 11.9 Å². The summed E-state index contributed by atoms with van der Waals surface area (Å²) in [5.41, 5.74) is 5.05.